The average molecular weight is 265 g/mol. The average Bonchev–Trinajstić information content (AvgIpc) is 2.39. The quantitative estimate of drug-likeness (QED) is 0.289. The van der Waals surface area contributed by atoms with E-state index in [9.17, 15) is 0 Å². The summed E-state index contributed by atoms with van der Waals surface area (Å²) in [6.45, 7) is 5.69. The van der Waals surface area contributed by atoms with E-state index < -0.39 is 0 Å². The van der Waals surface area contributed by atoms with Crippen molar-refractivity contribution < 1.29 is 0 Å². The molecule has 0 atom stereocenters. The van der Waals surface area contributed by atoms with Crippen molar-refractivity contribution in [3.8, 4) is 0 Å². The zero-order valence-corrected chi connectivity index (χ0v) is 13.6. The molecule has 0 aliphatic rings. The van der Waals surface area contributed by atoms with Crippen LogP contribution >= 0.6 is 0 Å². The Kier molecular flexibility index (Phi) is 33.8. The van der Waals surface area contributed by atoms with Gasteiger partial charge < -0.3 is 11.5 Å². The van der Waals surface area contributed by atoms with Gasteiger partial charge in [-0.25, -0.2) is 0 Å². The molecule has 0 fully saturated rings. The Morgan fingerprint density at radius 2 is 0.737 bits per heavy atom. The Morgan fingerprint density at radius 1 is 0.474 bits per heavy atom. The molecule has 0 bridgehead atoms. The van der Waals surface area contributed by atoms with Gasteiger partial charge in [0.2, 0.25) is 0 Å². The maximum atomic E-state index is 6.88. The summed E-state index contributed by atoms with van der Waals surface area (Å²) in [6, 6.07) is 0. The van der Waals surface area contributed by atoms with E-state index in [0.717, 1.165) is 12.8 Å². The first kappa shape index (κ1) is 24.1. The van der Waals surface area contributed by atoms with Crippen molar-refractivity contribution in [2.45, 2.75) is 90.9 Å². The molecule has 0 amide bonds. The van der Waals surface area contributed by atoms with Crippen molar-refractivity contribution in [3.05, 3.63) is 11.5 Å². The fourth-order valence-corrected chi connectivity index (χ4v) is 1.81. The van der Waals surface area contributed by atoms with E-state index >= 15 is 0 Å². The number of hydrogen-bond donors (Lipinski definition) is 0. The standard InChI is InChI=1S/2C8H18N.Be/c2*1-2-3-4-5-6-7-8-9;/h2*9H,2-8H2,1H3;/q2*-1;+2. The molecule has 0 saturated heterocycles. The van der Waals surface area contributed by atoms with Crippen molar-refractivity contribution in [3.63, 3.8) is 0 Å². The molecular formula is C16H36BeN2. The summed E-state index contributed by atoms with van der Waals surface area (Å²) >= 11 is 0. The van der Waals surface area contributed by atoms with Crippen molar-refractivity contribution in [2.75, 3.05) is 13.1 Å². The minimum Gasteiger partial charge on any atom is -0.677 e. The van der Waals surface area contributed by atoms with E-state index in [2.05, 4.69) is 13.8 Å². The summed E-state index contributed by atoms with van der Waals surface area (Å²) < 4.78 is 0. The molecule has 0 rings (SSSR count). The molecule has 112 valence electrons. The van der Waals surface area contributed by atoms with Gasteiger partial charge in [-0.1, -0.05) is 90.9 Å². The number of rotatable bonds is 12. The van der Waals surface area contributed by atoms with E-state index in [0.29, 0.717) is 13.1 Å². The second kappa shape index (κ2) is 26.6. The predicted octanol–water partition coefficient (Wildman–Crippen LogP) is 6.42. The van der Waals surface area contributed by atoms with Crippen molar-refractivity contribution in [1.82, 2.24) is 0 Å². The molecule has 0 saturated carbocycles. The van der Waals surface area contributed by atoms with Crippen LogP contribution < -0.4 is 0 Å². The zero-order valence-electron chi connectivity index (χ0n) is 13.6. The van der Waals surface area contributed by atoms with Crippen LogP contribution in [0.4, 0.5) is 0 Å². The van der Waals surface area contributed by atoms with Crippen LogP contribution in [0.5, 0.6) is 0 Å². The number of unbranched alkanes of at least 4 members (excludes halogenated alkanes) is 10. The summed E-state index contributed by atoms with van der Waals surface area (Å²) in [5.41, 5.74) is 13.8. The van der Waals surface area contributed by atoms with Gasteiger partial charge in [0, 0.05) is 0 Å². The van der Waals surface area contributed by atoms with Crippen LogP contribution in [0, 0.1) is 0 Å². The van der Waals surface area contributed by atoms with Crippen LogP contribution in [-0.2, 0) is 0 Å². The third-order valence-electron chi connectivity index (χ3n) is 3.06. The predicted molar refractivity (Wildman–Crippen MR) is 90.9 cm³/mol. The Morgan fingerprint density at radius 3 is 1.00 bits per heavy atom. The minimum absolute atomic E-state index is 0. The van der Waals surface area contributed by atoms with Crippen molar-refractivity contribution >= 4 is 10.1 Å². The van der Waals surface area contributed by atoms with Gasteiger partial charge in [0.25, 0.3) is 0 Å². The Balaban J connectivity index is -0.000000256. The van der Waals surface area contributed by atoms with Crippen LogP contribution in [-0.4, -0.2) is 23.2 Å². The van der Waals surface area contributed by atoms with Gasteiger partial charge in [-0.05, 0) is 0 Å². The smallest absolute Gasteiger partial charge is 0.677 e. The molecule has 0 aliphatic carbocycles. The summed E-state index contributed by atoms with van der Waals surface area (Å²) in [5.74, 6) is 0. The largest absolute Gasteiger partial charge is 2.00 e. The fourth-order valence-electron chi connectivity index (χ4n) is 1.81. The molecule has 2 nitrogen and oxygen atoms in total. The molecule has 0 aromatic heterocycles. The van der Waals surface area contributed by atoms with E-state index in [4.69, 9.17) is 11.5 Å². The second-order valence-corrected chi connectivity index (χ2v) is 5.04. The molecule has 19 heavy (non-hydrogen) atoms. The molecule has 0 radical (unpaired) electrons. The first-order valence-electron chi connectivity index (χ1n) is 8.12. The molecule has 0 spiro atoms. The Bertz CT molecular complexity index is 95.3. The summed E-state index contributed by atoms with van der Waals surface area (Å²) in [4.78, 5) is 0. The van der Waals surface area contributed by atoms with Gasteiger partial charge in [0.05, 0.1) is 0 Å². The van der Waals surface area contributed by atoms with Gasteiger partial charge in [0.15, 0.2) is 0 Å². The number of nitrogens with one attached hydrogen (secondary N) is 2. The van der Waals surface area contributed by atoms with Crippen molar-refractivity contribution in [1.29, 1.82) is 0 Å². The van der Waals surface area contributed by atoms with Gasteiger partial charge in [-0.3, -0.25) is 0 Å². The van der Waals surface area contributed by atoms with E-state index in [1.54, 1.807) is 0 Å². The van der Waals surface area contributed by atoms with Crippen LogP contribution in [0.3, 0.4) is 0 Å². The number of hydrogen-bond acceptors (Lipinski definition) is 0. The third-order valence-corrected chi connectivity index (χ3v) is 3.06. The molecular weight excluding hydrogens is 229 g/mol. The van der Waals surface area contributed by atoms with Gasteiger partial charge in [-0.2, -0.15) is 13.1 Å². The molecule has 0 aromatic rings. The normalized spacial score (nSPS) is 9.47. The van der Waals surface area contributed by atoms with E-state index in [1.807, 2.05) is 0 Å². The molecule has 3 heteroatoms. The molecule has 2 N–H and O–H groups in total. The van der Waals surface area contributed by atoms with E-state index in [-0.39, 0.29) is 10.1 Å². The minimum atomic E-state index is 0. The van der Waals surface area contributed by atoms with Gasteiger partial charge >= 0.3 is 10.1 Å². The van der Waals surface area contributed by atoms with E-state index in [1.165, 1.54) is 64.2 Å². The first-order chi connectivity index (χ1) is 8.83. The molecule has 0 unspecified atom stereocenters. The summed E-state index contributed by atoms with van der Waals surface area (Å²) in [7, 11) is 0. The summed E-state index contributed by atoms with van der Waals surface area (Å²) in [6.07, 6.45) is 15.5. The first-order valence-corrected chi connectivity index (χ1v) is 8.12. The van der Waals surface area contributed by atoms with Crippen LogP contribution in [0.1, 0.15) is 90.9 Å². The van der Waals surface area contributed by atoms with Crippen LogP contribution in [0.25, 0.3) is 11.5 Å². The second-order valence-electron chi connectivity index (χ2n) is 5.04. The van der Waals surface area contributed by atoms with Crippen molar-refractivity contribution in [2.24, 2.45) is 0 Å². The van der Waals surface area contributed by atoms with Gasteiger partial charge in [-0.15, -0.1) is 0 Å². The maximum absolute atomic E-state index is 6.88. The van der Waals surface area contributed by atoms with Gasteiger partial charge in [0.1, 0.15) is 0 Å². The molecule has 0 aromatic carbocycles. The van der Waals surface area contributed by atoms with Crippen LogP contribution in [0.2, 0.25) is 0 Å². The Labute approximate surface area is 126 Å². The maximum Gasteiger partial charge on any atom is 2.00 e. The molecule has 0 heterocycles. The fraction of sp³-hybridized carbons (Fsp3) is 1.00. The SMILES string of the molecule is CCCCCCCC[NH-].CCCCCCCC[NH-].[Be+2]. The van der Waals surface area contributed by atoms with Crippen LogP contribution in [0.15, 0.2) is 0 Å². The Hall–Kier alpha value is 0.0888. The molecule has 0 aliphatic heterocycles. The monoisotopic (exact) mass is 265 g/mol. The third kappa shape index (κ3) is 32.0. The zero-order chi connectivity index (χ0) is 13.9. The topological polar surface area (TPSA) is 47.6 Å². The summed E-state index contributed by atoms with van der Waals surface area (Å²) in [5, 5.41) is 0.